The molecule has 0 aliphatic heterocycles. The van der Waals surface area contributed by atoms with Gasteiger partial charge in [0.2, 0.25) is 0 Å². The Morgan fingerprint density at radius 2 is 1.54 bits per heavy atom. The van der Waals surface area contributed by atoms with E-state index < -0.39 is 0 Å². The van der Waals surface area contributed by atoms with Crippen molar-refractivity contribution in [2.45, 2.75) is 33.6 Å². The second kappa shape index (κ2) is 11.9. The summed E-state index contributed by atoms with van der Waals surface area (Å²) < 4.78 is 1.87. The zero-order valence-electron chi connectivity index (χ0n) is 22.9. The van der Waals surface area contributed by atoms with Gasteiger partial charge in [0.1, 0.15) is 11.6 Å². The van der Waals surface area contributed by atoms with E-state index in [9.17, 15) is 5.11 Å². The number of fused-ring (bicyclic) bond motifs is 3. The molecule has 0 atom stereocenters. The van der Waals surface area contributed by atoms with Crippen molar-refractivity contribution in [3.05, 3.63) is 114 Å². The van der Waals surface area contributed by atoms with Crippen LogP contribution < -0.4 is 0 Å². The van der Waals surface area contributed by atoms with Gasteiger partial charge in [-0.1, -0.05) is 70.2 Å². The van der Waals surface area contributed by atoms with E-state index in [1.807, 2.05) is 36.1 Å². The van der Waals surface area contributed by atoms with Gasteiger partial charge in [-0.15, -0.1) is 34.9 Å². The van der Waals surface area contributed by atoms with E-state index in [0.29, 0.717) is 5.92 Å². The van der Waals surface area contributed by atoms with Crippen LogP contribution in [0, 0.1) is 19.9 Å². The molecule has 2 aromatic heterocycles. The quantitative estimate of drug-likeness (QED) is 0.150. The SMILES string of the molecule is Cc1[c-]c(-c2nccc3c2ccc2c(C(C)C)cccc23)cc(C)c1.Cn1ccnc1-c1ccccc1O.[Ir]. The van der Waals surface area contributed by atoms with Crippen molar-refractivity contribution in [2.75, 3.05) is 0 Å². The fraction of sp³-hybridized carbons (Fsp3) is 0.176. The van der Waals surface area contributed by atoms with Crippen LogP contribution in [0.5, 0.6) is 5.75 Å². The first-order chi connectivity index (χ1) is 18.3. The molecule has 4 aromatic carbocycles. The van der Waals surface area contributed by atoms with Crippen LogP contribution in [0.15, 0.2) is 91.4 Å². The number of imidazole rings is 1. The Labute approximate surface area is 243 Å². The maximum Gasteiger partial charge on any atom is 0.143 e. The average molecular weight is 691 g/mol. The van der Waals surface area contributed by atoms with Gasteiger partial charge in [-0.3, -0.25) is 0 Å². The van der Waals surface area contributed by atoms with Crippen molar-refractivity contribution < 1.29 is 25.2 Å². The summed E-state index contributed by atoms with van der Waals surface area (Å²) in [6.45, 7) is 8.72. The van der Waals surface area contributed by atoms with E-state index >= 15 is 0 Å². The molecule has 1 N–H and O–H groups in total. The molecule has 0 fully saturated rings. The van der Waals surface area contributed by atoms with Crippen molar-refractivity contribution >= 4 is 21.5 Å². The summed E-state index contributed by atoms with van der Waals surface area (Å²) in [6.07, 6.45) is 5.48. The standard InChI is InChI=1S/C24H22N.C10H10N2O.Ir/c1-15(2)19-6-5-7-20-21(19)8-9-23-22(20)10-11-25-24(23)18-13-16(3)12-17(4)14-18;1-12-7-6-11-10(12)8-4-2-3-5-9(8)13;/h5-13,15H,1-4H3;2-7,13H,1H3;/q-1;;. The van der Waals surface area contributed by atoms with Gasteiger partial charge in [-0.05, 0) is 56.9 Å². The zero-order chi connectivity index (χ0) is 26.8. The van der Waals surface area contributed by atoms with Gasteiger partial charge in [0.15, 0.2) is 0 Å². The minimum Gasteiger partial charge on any atom is -0.507 e. The summed E-state index contributed by atoms with van der Waals surface area (Å²) >= 11 is 0. The molecule has 6 rings (SSSR count). The zero-order valence-corrected chi connectivity index (χ0v) is 25.3. The van der Waals surface area contributed by atoms with Crippen LogP contribution in [0.4, 0.5) is 0 Å². The van der Waals surface area contributed by atoms with E-state index in [2.05, 4.69) is 87.3 Å². The fourth-order valence-corrected chi connectivity index (χ4v) is 5.08. The molecule has 199 valence electrons. The van der Waals surface area contributed by atoms with E-state index in [4.69, 9.17) is 4.98 Å². The van der Waals surface area contributed by atoms with Gasteiger partial charge in [0, 0.05) is 45.7 Å². The summed E-state index contributed by atoms with van der Waals surface area (Å²) in [5.41, 5.74) is 6.64. The van der Waals surface area contributed by atoms with Gasteiger partial charge in [0.25, 0.3) is 0 Å². The Bertz CT molecular complexity index is 1730. The number of aromatic hydroxyl groups is 1. The number of nitrogens with zero attached hydrogens (tertiary/aromatic N) is 3. The molecule has 0 spiro atoms. The van der Waals surface area contributed by atoms with Crippen LogP contribution in [0.1, 0.15) is 36.5 Å². The average Bonchev–Trinajstić information content (AvgIpc) is 3.33. The smallest absolute Gasteiger partial charge is 0.143 e. The van der Waals surface area contributed by atoms with Gasteiger partial charge < -0.3 is 14.7 Å². The van der Waals surface area contributed by atoms with Crippen molar-refractivity contribution in [1.82, 2.24) is 14.5 Å². The predicted molar refractivity (Wildman–Crippen MR) is 157 cm³/mol. The number of hydrogen-bond donors (Lipinski definition) is 1. The summed E-state index contributed by atoms with van der Waals surface area (Å²) in [6, 6.07) is 28.2. The number of phenols is 1. The number of aromatic nitrogens is 3. The summed E-state index contributed by atoms with van der Waals surface area (Å²) in [4.78, 5) is 8.84. The largest absolute Gasteiger partial charge is 0.507 e. The molecule has 0 aliphatic carbocycles. The predicted octanol–water partition coefficient (Wildman–Crippen LogP) is 8.39. The second-order valence-electron chi connectivity index (χ2n) is 10.1. The molecule has 1 radical (unpaired) electrons. The van der Waals surface area contributed by atoms with Gasteiger partial charge in [-0.25, -0.2) is 4.98 Å². The molecule has 5 heteroatoms. The third kappa shape index (κ3) is 5.80. The number of rotatable bonds is 3. The Morgan fingerprint density at radius 3 is 2.23 bits per heavy atom. The molecule has 0 unspecified atom stereocenters. The monoisotopic (exact) mass is 691 g/mol. The molecule has 0 aliphatic rings. The Kier molecular flexibility index (Phi) is 8.64. The molecule has 4 nitrogen and oxygen atoms in total. The number of benzene rings is 4. The van der Waals surface area contributed by atoms with E-state index in [0.717, 1.165) is 28.2 Å². The fourth-order valence-electron chi connectivity index (χ4n) is 5.08. The molecular weight excluding hydrogens is 659 g/mol. The third-order valence-electron chi connectivity index (χ3n) is 6.83. The first-order valence-electron chi connectivity index (χ1n) is 12.9. The normalized spacial score (nSPS) is 10.8. The van der Waals surface area contributed by atoms with Crippen LogP contribution >= 0.6 is 0 Å². The number of para-hydroxylation sites is 1. The number of aryl methyl sites for hydroxylation is 3. The first-order valence-corrected chi connectivity index (χ1v) is 12.9. The number of hydrogen-bond acceptors (Lipinski definition) is 3. The second-order valence-corrected chi connectivity index (χ2v) is 10.1. The van der Waals surface area contributed by atoms with Gasteiger partial charge in [0.05, 0.1) is 5.56 Å². The first kappa shape index (κ1) is 28.2. The van der Waals surface area contributed by atoms with Crippen LogP contribution in [-0.4, -0.2) is 19.6 Å². The Balaban J connectivity index is 0.000000213. The number of phenolic OH excluding ortho intramolecular Hbond substituents is 1. The van der Waals surface area contributed by atoms with Crippen molar-refractivity contribution in [3.8, 4) is 28.4 Å². The Hall–Kier alpha value is -3.79. The van der Waals surface area contributed by atoms with Crippen molar-refractivity contribution in [2.24, 2.45) is 7.05 Å². The minimum absolute atomic E-state index is 0. The number of pyridine rings is 1. The van der Waals surface area contributed by atoms with Crippen LogP contribution in [0.2, 0.25) is 0 Å². The van der Waals surface area contributed by atoms with E-state index in [1.54, 1.807) is 18.3 Å². The van der Waals surface area contributed by atoms with E-state index in [1.165, 1.54) is 32.7 Å². The van der Waals surface area contributed by atoms with Crippen molar-refractivity contribution in [1.29, 1.82) is 0 Å². The van der Waals surface area contributed by atoms with E-state index in [-0.39, 0.29) is 25.9 Å². The maximum atomic E-state index is 9.55. The van der Waals surface area contributed by atoms with Gasteiger partial charge in [-0.2, -0.15) is 0 Å². The Morgan fingerprint density at radius 1 is 0.795 bits per heavy atom. The third-order valence-corrected chi connectivity index (χ3v) is 6.83. The maximum absolute atomic E-state index is 9.55. The van der Waals surface area contributed by atoms with Crippen molar-refractivity contribution in [3.63, 3.8) is 0 Å². The van der Waals surface area contributed by atoms with Crippen LogP contribution in [0.25, 0.3) is 44.2 Å². The molecule has 0 amide bonds. The molecular formula is C34H32IrN3O-. The van der Waals surface area contributed by atoms with Gasteiger partial charge >= 0.3 is 0 Å². The summed E-state index contributed by atoms with van der Waals surface area (Å²) in [5, 5.41) is 14.6. The minimum atomic E-state index is 0. The summed E-state index contributed by atoms with van der Waals surface area (Å²) in [7, 11) is 1.90. The molecule has 0 saturated carbocycles. The molecule has 2 heterocycles. The summed E-state index contributed by atoms with van der Waals surface area (Å²) in [5.74, 6) is 1.55. The molecule has 39 heavy (non-hydrogen) atoms. The molecule has 0 bridgehead atoms. The topological polar surface area (TPSA) is 50.9 Å². The molecule has 0 saturated heterocycles. The molecule has 6 aromatic rings. The van der Waals surface area contributed by atoms with Crippen LogP contribution in [-0.2, 0) is 27.2 Å². The van der Waals surface area contributed by atoms with Crippen LogP contribution in [0.3, 0.4) is 0 Å².